The van der Waals surface area contributed by atoms with Crippen molar-refractivity contribution in [2.75, 3.05) is 13.1 Å². The molecular weight excluding hydrogens is 338 g/mol. The number of hydrogen-bond acceptors (Lipinski definition) is 7. The summed E-state index contributed by atoms with van der Waals surface area (Å²) in [6, 6.07) is -2.67. The van der Waals surface area contributed by atoms with Crippen molar-refractivity contribution in [3.05, 3.63) is 0 Å². The average molecular weight is 361 g/mol. The number of nitrogens with one attached hydrogen (secondary N) is 3. The molecule has 0 heterocycles. The number of nitrogens with two attached hydrogens (primary N) is 2. The third-order valence-corrected chi connectivity index (χ3v) is 2.99. The molecule has 12 heteroatoms. The van der Waals surface area contributed by atoms with Gasteiger partial charge in [0.2, 0.25) is 23.6 Å². The zero-order valence-electron chi connectivity index (χ0n) is 13.7. The summed E-state index contributed by atoms with van der Waals surface area (Å²) in [5, 5.41) is 24.6. The molecule has 142 valence electrons. The Balaban J connectivity index is 5.03. The number of carboxylic acids is 1. The predicted molar refractivity (Wildman–Crippen MR) is 83.7 cm³/mol. The number of carbonyl (C=O) groups excluding carboxylic acids is 4. The van der Waals surface area contributed by atoms with Crippen LogP contribution in [0.3, 0.4) is 0 Å². The highest BCUT2D eigenvalue weighted by molar-refractivity contribution is 5.93. The molecule has 0 rings (SSSR count). The van der Waals surface area contributed by atoms with Crippen LogP contribution in [0.25, 0.3) is 0 Å². The van der Waals surface area contributed by atoms with Crippen molar-refractivity contribution >= 4 is 29.6 Å². The zero-order chi connectivity index (χ0) is 19.6. The quantitative estimate of drug-likeness (QED) is 0.191. The van der Waals surface area contributed by atoms with Gasteiger partial charge in [0.1, 0.15) is 18.6 Å². The molecule has 0 saturated heterocycles. The van der Waals surface area contributed by atoms with Crippen LogP contribution in [0, 0.1) is 0 Å². The fourth-order valence-electron chi connectivity index (χ4n) is 1.74. The Morgan fingerprint density at radius 3 is 2.12 bits per heavy atom. The average Bonchev–Trinajstić information content (AvgIpc) is 2.52. The maximum atomic E-state index is 12.2. The first kappa shape index (κ1) is 22.3. The van der Waals surface area contributed by atoms with Crippen LogP contribution in [0.1, 0.15) is 19.8 Å². The van der Waals surface area contributed by atoms with Crippen molar-refractivity contribution in [2.24, 2.45) is 11.5 Å². The summed E-state index contributed by atoms with van der Waals surface area (Å²) in [6.45, 7) is 0.106. The Bertz CT molecular complexity index is 523. The van der Waals surface area contributed by atoms with Crippen LogP contribution >= 0.6 is 0 Å². The van der Waals surface area contributed by atoms with Gasteiger partial charge in [0.25, 0.3) is 0 Å². The first-order valence-electron chi connectivity index (χ1n) is 7.34. The Morgan fingerprint density at radius 1 is 1.08 bits per heavy atom. The minimum Gasteiger partial charge on any atom is -0.480 e. The normalized spacial score (nSPS) is 13.9. The largest absolute Gasteiger partial charge is 0.480 e. The van der Waals surface area contributed by atoms with Gasteiger partial charge in [-0.15, -0.1) is 0 Å². The molecule has 25 heavy (non-hydrogen) atoms. The summed E-state index contributed by atoms with van der Waals surface area (Å²) in [7, 11) is 0. The van der Waals surface area contributed by atoms with Gasteiger partial charge in [-0.3, -0.25) is 24.0 Å². The van der Waals surface area contributed by atoms with Crippen molar-refractivity contribution in [3.8, 4) is 0 Å². The topological polar surface area (TPSA) is 214 Å². The van der Waals surface area contributed by atoms with E-state index in [1.54, 1.807) is 0 Å². The number of primary amides is 1. The van der Waals surface area contributed by atoms with Gasteiger partial charge in [-0.1, -0.05) is 0 Å². The SMILES string of the molecule is CC(O)C(NC(=O)C(CCC(N)=O)NC(=O)CN)C(=O)NCC(=O)O. The molecule has 4 amide bonds. The number of rotatable bonds is 11. The molecule has 0 bridgehead atoms. The molecule has 0 aromatic rings. The molecule has 12 nitrogen and oxygen atoms in total. The number of aliphatic hydroxyl groups excluding tert-OH is 1. The number of aliphatic carboxylic acids is 1. The molecule has 9 N–H and O–H groups in total. The number of carbonyl (C=O) groups is 5. The highest BCUT2D eigenvalue weighted by atomic mass is 16.4. The molecule has 0 aromatic heterocycles. The van der Waals surface area contributed by atoms with Crippen LogP contribution in [0.5, 0.6) is 0 Å². The third-order valence-electron chi connectivity index (χ3n) is 2.99. The minimum absolute atomic E-state index is 0.143. The maximum absolute atomic E-state index is 12.2. The van der Waals surface area contributed by atoms with Crippen LogP contribution in [0.15, 0.2) is 0 Å². The summed E-state index contributed by atoms with van der Waals surface area (Å²) in [5.74, 6) is -4.47. The number of carboxylic acid groups (broad SMARTS) is 1. The van der Waals surface area contributed by atoms with Gasteiger partial charge in [0.05, 0.1) is 12.6 Å². The van der Waals surface area contributed by atoms with E-state index in [0.29, 0.717) is 0 Å². The van der Waals surface area contributed by atoms with Crippen LogP contribution in [-0.4, -0.2) is 71.1 Å². The van der Waals surface area contributed by atoms with E-state index in [9.17, 15) is 29.1 Å². The molecule has 0 aromatic carbocycles. The van der Waals surface area contributed by atoms with E-state index >= 15 is 0 Å². The Hall–Kier alpha value is -2.73. The first-order chi connectivity index (χ1) is 11.6. The molecule has 0 spiro atoms. The smallest absolute Gasteiger partial charge is 0.322 e. The van der Waals surface area contributed by atoms with Gasteiger partial charge in [-0.05, 0) is 13.3 Å². The standard InChI is InChI=1S/C13H23N5O7/c1-6(19)11(13(25)16-5-10(22)23)18-12(24)7(2-3-8(15)20)17-9(21)4-14/h6-7,11,19H,2-5,14H2,1H3,(H2,15,20)(H,16,25)(H,17,21)(H,18,24)(H,22,23). The minimum atomic E-state index is -1.46. The van der Waals surface area contributed by atoms with E-state index in [-0.39, 0.29) is 12.8 Å². The lowest BCUT2D eigenvalue weighted by Crippen LogP contribution is -2.58. The van der Waals surface area contributed by atoms with Crippen molar-refractivity contribution in [2.45, 2.75) is 38.0 Å². The van der Waals surface area contributed by atoms with E-state index < -0.39 is 60.9 Å². The molecule has 0 fully saturated rings. The van der Waals surface area contributed by atoms with E-state index in [2.05, 4.69) is 10.6 Å². The number of aliphatic hydroxyl groups is 1. The summed E-state index contributed by atoms with van der Waals surface area (Å²) in [6.07, 6.45) is -1.70. The van der Waals surface area contributed by atoms with E-state index in [1.807, 2.05) is 5.32 Å². The Kier molecular flexibility index (Phi) is 9.74. The second-order valence-electron chi connectivity index (χ2n) is 5.17. The summed E-state index contributed by atoms with van der Waals surface area (Å²) >= 11 is 0. The Labute approximate surface area is 143 Å². The fraction of sp³-hybridized carbons (Fsp3) is 0.615. The number of amides is 4. The maximum Gasteiger partial charge on any atom is 0.322 e. The lowest BCUT2D eigenvalue weighted by atomic mass is 10.1. The third kappa shape index (κ3) is 9.22. The van der Waals surface area contributed by atoms with Gasteiger partial charge in [0.15, 0.2) is 0 Å². The molecule has 0 radical (unpaired) electrons. The molecule has 0 aliphatic rings. The van der Waals surface area contributed by atoms with E-state index in [0.717, 1.165) is 0 Å². The lowest BCUT2D eigenvalue weighted by molar-refractivity contribution is -0.139. The van der Waals surface area contributed by atoms with Crippen LogP contribution in [0.2, 0.25) is 0 Å². The molecule has 0 aliphatic carbocycles. The van der Waals surface area contributed by atoms with Crippen LogP contribution in [0.4, 0.5) is 0 Å². The fourth-order valence-corrected chi connectivity index (χ4v) is 1.74. The van der Waals surface area contributed by atoms with Gasteiger partial charge in [0, 0.05) is 6.42 Å². The van der Waals surface area contributed by atoms with Gasteiger partial charge in [-0.25, -0.2) is 0 Å². The summed E-state index contributed by atoms with van der Waals surface area (Å²) in [4.78, 5) is 56.8. The van der Waals surface area contributed by atoms with Gasteiger partial charge >= 0.3 is 5.97 Å². The van der Waals surface area contributed by atoms with Crippen LogP contribution < -0.4 is 27.4 Å². The van der Waals surface area contributed by atoms with Crippen molar-refractivity contribution in [1.29, 1.82) is 0 Å². The first-order valence-corrected chi connectivity index (χ1v) is 7.34. The van der Waals surface area contributed by atoms with E-state index in [1.165, 1.54) is 6.92 Å². The van der Waals surface area contributed by atoms with E-state index in [4.69, 9.17) is 16.6 Å². The molecule has 3 atom stereocenters. The summed E-state index contributed by atoms with van der Waals surface area (Å²) < 4.78 is 0. The monoisotopic (exact) mass is 361 g/mol. The second kappa shape index (κ2) is 10.9. The predicted octanol–water partition coefficient (Wildman–Crippen LogP) is -4.24. The van der Waals surface area contributed by atoms with Crippen LogP contribution in [-0.2, 0) is 24.0 Å². The second-order valence-corrected chi connectivity index (χ2v) is 5.17. The number of hydrogen-bond donors (Lipinski definition) is 7. The molecule has 0 aliphatic heterocycles. The molecule has 3 unspecified atom stereocenters. The zero-order valence-corrected chi connectivity index (χ0v) is 13.7. The lowest BCUT2D eigenvalue weighted by Gasteiger charge is -2.24. The molecule has 0 saturated carbocycles. The van der Waals surface area contributed by atoms with Crippen molar-refractivity contribution in [1.82, 2.24) is 16.0 Å². The highest BCUT2D eigenvalue weighted by Crippen LogP contribution is 2.01. The van der Waals surface area contributed by atoms with Gasteiger partial charge in [-0.2, -0.15) is 0 Å². The van der Waals surface area contributed by atoms with Crippen molar-refractivity contribution < 1.29 is 34.2 Å². The summed E-state index contributed by atoms with van der Waals surface area (Å²) in [5.41, 5.74) is 10.1. The Morgan fingerprint density at radius 2 is 1.68 bits per heavy atom. The molecular formula is C13H23N5O7. The van der Waals surface area contributed by atoms with Gasteiger partial charge < -0.3 is 37.6 Å². The van der Waals surface area contributed by atoms with Crippen molar-refractivity contribution in [3.63, 3.8) is 0 Å². The highest BCUT2D eigenvalue weighted by Gasteiger charge is 2.29.